The number of carboxylic acid groups (broad SMARTS) is 1. The number of ether oxygens (including phenoxy) is 1. The fraction of sp³-hybridized carbons (Fsp3) is 0.474. The minimum atomic E-state index is -1.14. The molecule has 0 saturated carbocycles. The zero-order valence-corrected chi connectivity index (χ0v) is 14.8. The molecule has 0 aromatic heterocycles. The van der Waals surface area contributed by atoms with Gasteiger partial charge in [-0.2, -0.15) is 0 Å². The Balaban J connectivity index is 1.99. The van der Waals surface area contributed by atoms with Crippen molar-refractivity contribution < 1.29 is 23.8 Å². The number of rotatable bonds is 4. The molecule has 2 rings (SSSR count). The molecular formula is C19H24FNO4. The molecule has 1 aliphatic rings. The lowest BCUT2D eigenvalue weighted by Gasteiger charge is -2.33. The minimum absolute atomic E-state index is 0.0564. The lowest BCUT2D eigenvalue weighted by molar-refractivity contribution is -0.132. The summed E-state index contributed by atoms with van der Waals surface area (Å²) < 4.78 is 19.7. The van der Waals surface area contributed by atoms with E-state index in [0.717, 1.165) is 17.7 Å². The summed E-state index contributed by atoms with van der Waals surface area (Å²) in [4.78, 5) is 24.0. The van der Waals surface area contributed by atoms with Gasteiger partial charge >= 0.3 is 5.97 Å². The molecule has 1 N–H and O–H groups in total. The molecule has 6 heteroatoms. The van der Waals surface area contributed by atoms with Crippen molar-refractivity contribution in [2.75, 3.05) is 13.1 Å². The van der Waals surface area contributed by atoms with E-state index in [0.29, 0.717) is 31.7 Å². The maximum atomic E-state index is 13.6. The molecule has 1 saturated heterocycles. The number of hydrogen-bond acceptors (Lipinski definition) is 3. The van der Waals surface area contributed by atoms with Crippen LogP contribution in [0.1, 0.15) is 39.2 Å². The highest BCUT2D eigenvalue weighted by Gasteiger charge is 2.26. The minimum Gasteiger partial charge on any atom is -0.490 e. The van der Waals surface area contributed by atoms with Crippen LogP contribution in [-0.4, -0.2) is 41.1 Å². The Labute approximate surface area is 147 Å². The van der Waals surface area contributed by atoms with Gasteiger partial charge in [-0.05, 0) is 23.6 Å². The monoisotopic (exact) mass is 349 g/mol. The van der Waals surface area contributed by atoms with E-state index in [9.17, 15) is 14.0 Å². The maximum Gasteiger partial charge on any atom is 0.328 e. The predicted molar refractivity (Wildman–Crippen MR) is 92.1 cm³/mol. The number of piperidine rings is 1. The van der Waals surface area contributed by atoms with E-state index >= 15 is 0 Å². The van der Waals surface area contributed by atoms with Crippen LogP contribution in [0.15, 0.2) is 30.4 Å². The highest BCUT2D eigenvalue weighted by atomic mass is 19.1. The zero-order valence-electron chi connectivity index (χ0n) is 14.8. The molecular weight excluding hydrogens is 325 g/mol. The molecule has 25 heavy (non-hydrogen) atoms. The lowest BCUT2D eigenvalue weighted by atomic mass is 9.86. The van der Waals surface area contributed by atoms with Crippen molar-refractivity contribution in [1.29, 1.82) is 0 Å². The molecule has 1 heterocycles. The van der Waals surface area contributed by atoms with Crippen LogP contribution in [0.5, 0.6) is 5.75 Å². The Morgan fingerprint density at radius 1 is 1.24 bits per heavy atom. The molecule has 0 bridgehead atoms. The van der Waals surface area contributed by atoms with Gasteiger partial charge < -0.3 is 14.7 Å². The summed E-state index contributed by atoms with van der Waals surface area (Å²) >= 11 is 0. The number of likely N-dealkylation sites (tertiary alicyclic amines) is 1. The third kappa shape index (κ3) is 5.31. The van der Waals surface area contributed by atoms with E-state index in [1.807, 2.05) is 20.8 Å². The summed E-state index contributed by atoms with van der Waals surface area (Å²) in [5.41, 5.74) is 0.575. The number of hydrogen-bond donors (Lipinski definition) is 1. The van der Waals surface area contributed by atoms with Crippen molar-refractivity contribution in [3.8, 4) is 5.75 Å². The average molecular weight is 349 g/mol. The molecule has 1 aromatic rings. The molecule has 0 atom stereocenters. The first-order chi connectivity index (χ1) is 11.7. The highest BCUT2D eigenvalue weighted by Crippen LogP contribution is 2.33. The fourth-order valence-corrected chi connectivity index (χ4v) is 2.81. The standard InChI is InChI=1S/C19H24FNO4/c1-19(2,3)15-12-13(20)4-5-16(15)25-14-8-10-21(11-9-14)17(22)6-7-18(23)24/h4-7,12,14H,8-11H2,1-3H3,(H,23,24)/b7-6+. The van der Waals surface area contributed by atoms with Gasteiger partial charge in [-0.3, -0.25) is 4.79 Å². The number of nitrogens with zero attached hydrogens (tertiary/aromatic N) is 1. The van der Waals surface area contributed by atoms with Crippen molar-refractivity contribution in [1.82, 2.24) is 4.90 Å². The summed E-state index contributed by atoms with van der Waals surface area (Å²) in [7, 11) is 0. The van der Waals surface area contributed by atoms with Gasteiger partial charge in [0.15, 0.2) is 0 Å². The van der Waals surface area contributed by atoms with Gasteiger partial charge in [0.25, 0.3) is 0 Å². The van der Waals surface area contributed by atoms with Crippen LogP contribution in [0.2, 0.25) is 0 Å². The molecule has 136 valence electrons. The fourth-order valence-electron chi connectivity index (χ4n) is 2.81. The van der Waals surface area contributed by atoms with Crippen LogP contribution in [0.4, 0.5) is 4.39 Å². The lowest BCUT2D eigenvalue weighted by Crippen LogP contribution is -2.41. The second-order valence-corrected chi connectivity index (χ2v) is 7.20. The predicted octanol–water partition coefficient (Wildman–Crippen LogP) is 3.13. The van der Waals surface area contributed by atoms with Crippen LogP contribution in [0.3, 0.4) is 0 Å². The van der Waals surface area contributed by atoms with Crippen molar-refractivity contribution >= 4 is 11.9 Å². The number of halogens is 1. The Hall–Kier alpha value is -2.37. The Kier molecular flexibility index (Phi) is 5.82. The maximum absolute atomic E-state index is 13.6. The van der Waals surface area contributed by atoms with Gasteiger partial charge in [-0.1, -0.05) is 20.8 Å². The van der Waals surface area contributed by atoms with Gasteiger partial charge in [0, 0.05) is 43.6 Å². The van der Waals surface area contributed by atoms with Crippen LogP contribution in [-0.2, 0) is 15.0 Å². The number of amides is 1. The van der Waals surface area contributed by atoms with E-state index in [1.54, 1.807) is 11.0 Å². The van der Waals surface area contributed by atoms with Gasteiger partial charge in [-0.15, -0.1) is 0 Å². The van der Waals surface area contributed by atoms with E-state index in [4.69, 9.17) is 9.84 Å². The third-order valence-electron chi connectivity index (χ3n) is 4.17. The average Bonchev–Trinajstić information content (AvgIpc) is 2.54. The summed E-state index contributed by atoms with van der Waals surface area (Å²) in [6.45, 7) is 7.01. The van der Waals surface area contributed by atoms with Gasteiger partial charge in [0.05, 0.1) is 0 Å². The number of carboxylic acids is 1. The molecule has 0 unspecified atom stereocenters. The summed E-state index contributed by atoms with van der Waals surface area (Å²) in [6.07, 6.45) is 3.15. The number of carbonyl (C=O) groups is 2. The van der Waals surface area contributed by atoms with Gasteiger partial charge in [0.2, 0.25) is 5.91 Å². The second-order valence-electron chi connectivity index (χ2n) is 7.20. The number of carbonyl (C=O) groups excluding carboxylic acids is 1. The van der Waals surface area contributed by atoms with Crippen molar-refractivity contribution in [2.45, 2.75) is 45.1 Å². The first-order valence-corrected chi connectivity index (χ1v) is 8.33. The molecule has 0 radical (unpaired) electrons. The van der Waals surface area contributed by atoms with E-state index in [-0.39, 0.29) is 23.2 Å². The van der Waals surface area contributed by atoms with Crippen LogP contribution in [0, 0.1) is 5.82 Å². The number of aliphatic carboxylic acids is 1. The van der Waals surface area contributed by atoms with E-state index < -0.39 is 5.97 Å². The third-order valence-corrected chi connectivity index (χ3v) is 4.17. The van der Waals surface area contributed by atoms with Crippen LogP contribution in [0.25, 0.3) is 0 Å². The smallest absolute Gasteiger partial charge is 0.328 e. The topological polar surface area (TPSA) is 66.8 Å². The Morgan fingerprint density at radius 2 is 1.88 bits per heavy atom. The second kappa shape index (κ2) is 7.68. The normalized spacial score (nSPS) is 16.2. The molecule has 1 amide bonds. The molecule has 0 spiro atoms. The van der Waals surface area contributed by atoms with Gasteiger partial charge in [-0.25, -0.2) is 9.18 Å². The first-order valence-electron chi connectivity index (χ1n) is 8.33. The van der Waals surface area contributed by atoms with Crippen molar-refractivity contribution in [3.63, 3.8) is 0 Å². The molecule has 5 nitrogen and oxygen atoms in total. The quantitative estimate of drug-likeness (QED) is 0.848. The van der Waals surface area contributed by atoms with E-state index in [2.05, 4.69) is 0 Å². The first kappa shape index (κ1) is 19.0. The molecule has 1 fully saturated rings. The summed E-state index contributed by atoms with van der Waals surface area (Å²) in [5.74, 6) is -1.07. The van der Waals surface area contributed by atoms with Crippen molar-refractivity contribution in [3.05, 3.63) is 41.7 Å². The SMILES string of the molecule is CC(C)(C)c1cc(F)ccc1OC1CCN(C(=O)/C=C/C(=O)O)CC1. The summed E-state index contributed by atoms with van der Waals surface area (Å²) in [5, 5.41) is 8.57. The van der Waals surface area contributed by atoms with E-state index in [1.165, 1.54) is 12.1 Å². The Bertz CT molecular complexity index is 670. The largest absolute Gasteiger partial charge is 0.490 e. The van der Waals surface area contributed by atoms with Crippen LogP contribution < -0.4 is 4.74 Å². The van der Waals surface area contributed by atoms with Gasteiger partial charge in [0.1, 0.15) is 17.7 Å². The van der Waals surface area contributed by atoms with Crippen molar-refractivity contribution in [2.24, 2.45) is 0 Å². The Morgan fingerprint density at radius 3 is 2.44 bits per heavy atom. The molecule has 1 aromatic carbocycles. The number of benzene rings is 1. The molecule has 0 aliphatic carbocycles. The zero-order chi connectivity index (χ0) is 18.6. The summed E-state index contributed by atoms with van der Waals surface area (Å²) in [6, 6.07) is 4.55. The molecule has 1 aliphatic heterocycles. The highest BCUT2D eigenvalue weighted by molar-refractivity contribution is 5.93. The van der Waals surface area contributed by atoms with Crippen LogP contribution >= 0.6 is 0 Å².